The molecule has 0 spiro atoms. The summed E-state index contributed by atoms with van der Waals surface area (Å²) >= 11 is 0. The van der Waals surface area contributed by atoms with Gasteiger partial charge in [0.25, 0.3) is 5.91 Å². The van der Waals surface area contributed by atoms with Crippen molar-refractivity contribution in [3.63, 3.8) is 0 Å². The number of hydrogen-bond donors (Lipinski definition) is 1. The predicted molar refractivity (Wildman–Crippen MR) is 99.8 cm³/mol. The van der Waals surface area contributed by atoms with Gasteiger partial charge in [-0.25, -0.2) is 9.82 Å². The maximum absolute atomic E-state index is 13.7. The molecule has 1 amide bonds. The fourth-order valence-corrected chi connectivity index (χ4v) is 3.43. The first kappa shape index (κ1) is 16.4. The van der Waals surface area contributed by atoms with Crippen molar-refractivity contribution in [3.05, 3.63) is 76.7 Å². The predicted octanol–water partition coefficient (Wildman–Crippen LogP) is 4.02. The van der Waals surface area contributed by atoms with Crippen LogP contribution in [0.4, 0.5) is 4.39 Å². The van der Waals surface area contributed by atoms with Gasteiger partial charge >= 0.3 is 0 Å². The topological polar surface area (TPSA) is 54.4 Å². The van der Waals surface area contributed by atoms with Gasteiger partial charge in [0.15, 0.2) is 0 Å². The van der Waals surface area contributed by atoms with Crippen molar-refractivity contribution in [2.24, 2.45) is 5.10 Å². The number of aryl methyl sites for hydroxylation is 1. The molecule has 0 aliphatic heterocycles. The average Bonchev–Trinajstić information content (AvgIpc) is 2.67. The van der Waals surface area contributed by atoms with Crippen LogP contribution in [0, 0.1) is 5.82 Å². The Morgan fingerprint density at radius 3 is 2.73 bits per heavy atom. The van der Waals surface area contributed by atoms with E-state index < -0.39 is 0 Å². The lowest BCUT2D eigenvalue weighted by atomic mass is 9.89. The van der Waals surface area contributed by atoms with Crippen molar-refractivity contribution < 1.29 is 9.18 Å². The number of para-hydroxylation sites is 1. The van der Waals surface area contributed by atoms with Crippen LogP contribution < -0.4 is 5.43 Å². The zero-order valence-electron chi connectivity index (χ0n) is 14.2. The second-order valence-electron chi connectivity index (χ2n) is 6.36. The number of nitrogens with one attached hydrogen (secondary N) is 1. The highest BCUT2D eigenvalue weighted by molar-refractivity contribution is 6.07. The summed E-state index contributed by atoms with van der Waals surface area (Å²) in [6.45, 7) is 0. The lowest BCUT2D eigenvalue weighted by Crippen LogP contribution is -2.22. The minimum atomic E-state index is -0.378. The van der Waals surface area contributed by atoms with E-state index in [2.05, 4.69) is 10.5 Å². The van der Waals surface area contributed by atoms with Crippen LogP contribution in [0.1, 0.15) is 40.0 Å². The molecular weight excluding hydrogens is 329 g/mol. The maximum Gasteiger partial charge on any atom is 0.272 e. The van der Waals surface area contributed by atoms with E-state index in [1.807, 2.05) is 24.3 Å². The van der Waals surface area contributed by atoms with Gasteiger partial charge in [-0.1, -0.05) is 36.4 Å². The van der Waals surface area contributed by atoms with Crippen LogP contribution in [-0.4, -0.2) is 17.1 Å². The molecule has 0 bridgehead atoms. The molecule has 5 heteroatoms. The summed E-state index contributed by atoms with van der Waals surface area (Å²) in [7, 11) is 0. The van der Waals surface area contributed by atoms with Crippen molar-refractivity contribution in [3.8, 4) is 0 Å². The Labute approximate surface area is 150 Å². The van der Waals surface area contributed by atoms with Gasteiger partial charge < -0.3 is 0 Å². The summed E-state index contributed by atoms with van der Waals surface area (Å²) in [5.74, 6) is -0.661. The number of aromatic nitrogens is 1. The molecule has 130 valence electrons. The number of hydrazone groups is 1. The molecular formula is C21H18FN3O. The first-order valence-electron chi connectivity index (χ1n) is 8.72. The molecule has 1 N–H and O–H groups in total. The maximum atomic E-state index is 13.7. The Morgan fingerprint density at radius 1 is 1.08 bits per heavy atom. The first-order valence-corrected chi connectivity index (χ1v) is 8.72. The highest BCUT2D eigenvalue weighted by Gasteiger charge is 2.22. The van der Waals surface area contributed by atoms with Crippen LogP contribution in [0.3, 0.4) is 0 Å². The number of carbonyl (C=O) groups is 1. The Morgan fingerprint density at radius 2 is 1.85 bits per heavy atom. The van der Waals surface area contributed by atoms with Gasteiger partial charge in [0.2, 0.25) is 0 Å². The summed E-state index contributed by atoms with van der Waals surface area (Å²) in [6.07, 6.45) is 5.19. The Kier molecular flexibility index (Phi) is 4.44. The number of carbonyl (C=O) groups excluding carboxylic acids is 1. The fraction of sp³-hybridized carbons (Fsp3) is 0.190. The van der Waals surface area contributed by atoms with Gasteiger partial charge in [-0.05, 0) is 43.4 Å². The number of benzene rings is 2. The lowest BCUT2D eigenvalue weighted by molar-refractivity contribution is 0.0955. The van der Waals surface area contributed by atoms with E-state index in [9.17, 15) is 9.18 Å². The van der Waals surface area contributed by atoms with Crippen LogP contribution in [-0.2, 0) is 12.8 Å². The van der Waals surface area contributed by atoms with Crippen molar-refractivity contribution in [2.45, 2.75) is 25.7 Å². The fourth-order valence-electron chi connectivity index (χ4n) is 3.43. The summed E-state index contributed by atoms with van der Waals surface area (Å²) in [6, 6.07) is 13.9. The van der Waals surface area contributed by atoms with E-state index in [-0.39, 0.29) is 11.7 Å². The van der Waals surface area contributed by atoms with Crippen molar-refractivity contribution in [1.29, 1.82) is 0 Å². The molecule has 0 saturated heterocycles. The molecule has 1 aliphatic rings. The SMILES string of the molecule is O=C(N/N=C\c1ccccc1F)c1c2c(nc3ccccc13)CCCC2. The number of amides is 1. The molecule has 1 aromatic heterocycles. The van der Waals surface area contributed by atoms with Crippen LogP contribution in [0.2, 0.25) is 0 Å². The summed E-state index contributed by atoms with van der Waals surface area (Å²) in [5, 5.41) is 4.78. The van der Waals surface area contributed by atoms with Crippen LogP contribution in [0.25, 0.3) is 10.9 Å². The van der Waals surface area contributed by atoms with E-state index in [1.54, 1.807) is 18.2 Å². The normalized spacial score (nSPS) is 13.7. The summed E-state index contributed by atoms with van der Waals surface area (Å²) in [4.78, 5) is 17.6. The van der Waals surface area contributed by atoms with E-state index in [1.165, 1.54) is 12.3 Å². The Hall–Kier alpha value is -3.08. The molecule has 4 rings (SSSR count). The quantitative estimate of drug-likeness (QED) is 0.575. The number of halogens is 1. The Balaban J connectivity index is 1.69. The molecule has 26 heavy (non-hydrogen) atoms. The molecule has 1 aliphatic carbocycles. The highest BCUT2D eigenvalue weighted by Crippen LogP contribution is 2.29. The third-order valence-electron chi connectivity index (χ3n) is 4.67. The molecule has 2 aromatic carbocycles. The molecule has 0 fully saturated rings. The second kappa shape index (κ2) is 7.04. The standard InChI is InChI=1S/C21H18FN3O/c22-17-10-4-1-7-14(17)13-23-25-21(26)20-15-8-2-5-11-18(15)24-19-12-6-3-9-16(19)20/h1-2,4-5,7-8,10-11,13H,3,6,9,12H2,(H,25,26)/b23-13-. The van der Waals surface area contributed by atoms with Gasteiger partial charge in [-0.3, -0.25) is 9.78 Å². The molecule has 0 atom stereocenters. The van der Waals surface area contributed by atoms with E-state index in [0.29, 0.717) is 11.1 Å². The Bertz CT molecular complexity index is 1010. The molecule has 0 unspecified atom stereocenters. The summed E-state index contributed by atoms with van der Waals surface area (Å²) in [5.41, 5.74) is 6.34. The number of fused-ring (bicyclic) bond motifs is 2. The first-order chi connectivity index (χ1) is 12.7. The van der Waals surface area contributed by atoms with E-state index >= 15 is 0 Å². The van der Waals surface area contributed by atoms with Crippen molar-refractivity contribution in [1.82, 2.24) is 10.4 Å². The minimum absolute atomic E-state index is 0.283. The number of nitrogens with zero attached hydrogens (tertiary/aromatic N) is 2. The minimum Gasteiger partial charge on any atom is -0.267 e. The molecule has 0 radical (unpaired) electrons. The smallest absolute Gasteiger partial charge is 0.267 e. The van der Waals surface area contributed by atoms with Gasteiger partial charge in [0.05, 0.1) is 17.3 Å². The zero-order valence-corrected chi connectivity index (χ0v) is 14.2. The number of rotatable bonds is 3. The third kappa shape index (κ3) is 3.08. The van der Waals surface area contributed by atoms with Crippen molar-refractivity contribution in [2.75, 3.05) is 0 Å². The molecule has 3 aromatic rings. The summed E-state index contributed by atoms with van der Waals surface area (Å²) < 4.78 is 13.7. The van der Waals surface area contributed by atoms with Gasteiger partial charge in [-0.2, -0.15) is 5.10 Å². The largest absolute Gasteiger partial charge is 0.272 e. The van der Waals surface area contributed by atoms with Gasteiger partial charge in [0, 0.05) is 16.6 Å². The second-order valence-corrected chi connectivity index (χ2v) is 6.36. The lowest BCUT2D eigenvalue weighted by Gasteiger charge is -2.19. The number of hydrogen-bond acceptors (Lipinski definition) is 3. The van der Waals surface area contributed by atoms with Gasteiger partial charge in [0.1, 0.15) is 5.82 Å². The van der Waals surface area contributed by atoms with Gasteiger partial charge in [-0.15, -0.1) is 0 Å². The van der Waals surface area contributed by atoms with E-state index in [0.717, 1.165) is 47.8 Å². The van der Waals surface area contributed by atoms with Crippen LogP contribution >= 0.6 is 0 Å². The van der Waals surface area contributed by atoms with Crippen LogP contribution in [0.15, 0.2) is 53.6 Å². The highest BCUT2D eigenvalue weighted by atomic mass is 19.1. The van der Waals surface area contributed by atoms with E-state index in [4.69, 9.17) is 4.98 Å². The molecule has 1 heterocycles. The monoisotopic (exact) mass is 347 g/mol. The third-order valence-corrected chi connectivity index (χ3v) is 4.67. The molecule has 0 saturated carbocycles. The average molecular weight is 347 g/mol. The zero-order chi connectivity index (χ0) is 17.9. The van der Waals surface area contributed by atoms with Crippen LogP contribution in [0.5, 0.6) is 0 Å². The van der Waals surface area contributed by atoms with Crippen molar-refractivity contribution >= 4 is 23.0 Å². The number of pyridine rings is 1. The molecule has 4 nitrogen and oxygen atoms in total.